The molecule has 1 atom stereocenters. The van der Waals surface area contributed by atoms with Crippen LogP contribution in [-0.4, -0.2) is 34.6 Å². The first-order chi connectivity index (χ1) is 11.8. The van der Waals surface area contributed by atoms with Crippen LogP contribution in [-0.2, 0) is 13.0 Å². The zero-order valence-electron chi connectivity index (χ0n) is 15.0. The van der Waals surface area contributed by atoms with Gasteiger partial charge in [0, 0.05) is 24.3 Å². The third-order valence-corrected chi connectivity index (χ3v) is 4.89. The van der Waals surface area contributed by atoms with Crippen molar-refractivity contribution < 1.29 is 0 Å². The Morgan fingerprint density at radius 1 is 1.21 bits per heavy atom. The van der Waals surface area contributed by atoms with Crippen molar-refractivity contribution in [2.45, 2.75) is 39.2 Å². The second-order valence-corrected chi connectivity index (χ2v) is 6.89. The van der Waals surface area contributed by atoms with E-state index in [1.807, 2.05) is 0 Å². The fourth-order valence-electron chi connectivity index (χ4n) is 3.62. The Hall–Kier alpha value is -1.87. The molecule has 24 heavy (non-hydrogen) atoms. The molecule has 2 aromatic rings. The van der Waals surface area contributed by atoms with Crippen molar-refractivity contribution in [1.82, 2.24) is 14.5 Å². The molecule has 1 aromatic carbocycles. The maximum Gasteiger partial charge on any atom is 0.0956 e. The molecule has 128 valence electrons. The zero-order chi connectivity index (χ0) is 16.8. The van der Waals surface area contributed by atoms with E-state index in [2.05, 4.69) is 72.2 Å². The monoisotopic (exact) mass is 323 g/mol. The largest absolute Gasteiger partial charge is 0.334 e. The van der Waals surface area contributed by atoms with Crippen LogP contribution < -0.4 is 0 Å². The molecule has 1 unspecified atom stereocenters. The van der Waals surface area contributed by atoms with Crippen molar-refractivity contribution in [2.24, 2.45) is 5.92 Å². The van der Waals surface area contributed by atoms with Gasteiger partial charge in [0.05, 0.1) is 12.0 Å². The SMILES string of the molecule is CC/C=C\CCc1c(-c2ccccc2)ncn1CC1CCN(C)C1. The van der Waals surface area contributed by atoms with E-state index in [0.717, 1.165) is 37.4 Å². The second kappa shape index (κ2) is 8.29. The summed E-state index contributed by atoms with van der Waals surface area (Å²) in [5, 5.41) is 0. The minimum absolute atomic E-state index is 0.748. The Labute approximate surface area is 146 Å². The highest BCUT2D eigenvalue weighted by Gasteiger charge is 2.21. The lowest BCUT2D eigenvalue weighted by molar-refractivity contribution is 0.376. The van der Waals surface area contributed by atoms with Gasteiger partial charge >= 0.3 is 0 Å². The molecule has 3 heteroatoms. The molecule has 1 aliphatic heterocycles. The minimum Gasteiger partial charge on any atom is -0.334 e. The highest BCUT2D eigenvalue weighted by atomic mass is 15.1. The lowest BCUT2D eigenvalue weighted by atomic mass is 10.1. The third-order valence-electron chi connectivity index (χ3n) is 4.89. The number of likely N-dealkylation sites (tertiary alicyclic amines) is 1. The molecule has 1 fully saturated rings. The quantitative estimate of drug-likeness (QED) is 0.704. The molecule has 3 nitrogen and oxygen atoms in total. The number of hydrogen-bond acceptors (Lipinski definition) is 2. The van der Waals surface area contributed by atoms with E-state index < -0.39 is 0 Å². The number of benzene rings is 1. The number of rotatable bonds is 7. The number of imidazole rings is 1. The van der Waals surface area contributed by atoms with Crippen molar-refractivity contribution in [2.75, 3.05) is 20.1 Å². The second-order valence-electron chi connectivity index (χ2n) is 6.89. The van der Waals surface area contributed by atoms with E-state index in [1.54, 1.807) is 0 Å². The molecule has 0 radical (unpaired) electrons. The van der Waals surface area contributed by atoms with Crippen molar-refractivity contribution in [3.63, 3.8) is 0 Å². The molecule has 3 rings (SSSR count). The van der Waals surface area contributed by atoms with Crippen LogP contribution in [0.3, 0.4) is 0 Å². The Kier molecular flexibility index (Phi) is 5.86. The molecular weight excluding hydrogens is 294 g/mol. The molecule has 1 aliphatic rings. The summed E-state index contributed by atoms with van der Waals surface area (Å²) in [6.07, 6.45) is 11.2. The van der Waals surface area contributed by atoms with Gasteiger partial charge in [-0.3, -0.25) is 0 Å². The molecule has 0 aliphatic carbocycles. The maximum absolute atomic E-state index is 4.77. The summed E-state index contributed by atoms with van der Waals surface area (Å²) < 4.78 is 2.41. The Bertz CT molecular complexity index is 657. The summed E-state index contributed by atoms with van der Waals surface area (Å²) in [7, 11) is 2.22. The standard InChI is InChI=1S/C21H29N3/c1-3-4-5-9-12-20-21(19-10-7-6-8-11-19)22-17-24(20)16-18-13-14-23(2)15-18/h4-8,10-11,17-18H,3,9,12-16H2,1-2H3/b5-4-. The van der Waals surface area contributed by atoms with Gasteiger partial charge in [-0.1, -0.05) is 49.4 Å². The predicted octanol–water partition coefficient (Wildman–Crippen LogP) is 4.40. The Morgan fingerprint density at radius 3 is 2.75 bits per heavy atom. The first-order valence-electron chi connectivity index (χ1n) is 9.21. The van der Waals surface area contributed by atoms with Gasteiger partial charge in [-0.25, -0.2) is 4.98 Å². The van der Waals surface area contributed by atoms with Gasteiger partial charge in [-0.15, -0.1) is 0 Å². The number of hydrogen-bond donors (Lipinski definition) is 0. The van der Waals surface area contributed by atoms with Crippen LogP contribution >= 0.6 is 0 Å². The summed E-state index contributed by atoms with van der Waals surface area (Å²) in [5.74, 6) is 0.748. The highest BCUT2D eigenvalue weighted by Crippen LogP contribution is 2.25. The van der Waals surface area contributed by atoms with Gasteiger partial charge in [0.1, 0.15) is 0 Å². The van der Waals surface area contributed by atoms with Gasteiger partial charge in [0.25, 0.3) is 0 Å². The first-order valence-corrected chi connectivity index (χ1v) is 9.21. The molecule has 0 bridgehead atoms. The number of aromatic nitrogens is 2. The third kappa shape index (κ3) is 4.15. The van der Waals surface area contributed by atoms with E-state index in [-0.39, 0.29) is 0 Å². The molecule has 1 aromatic heterocycles. The smallest absolute Gasteiger partial charge is 0.0956 e. The lowest BCUT2D eigenvalue weighted by Gasteiger charge is -2.14. The lowest BCUT2D eigenvalue weighted by Crippen LogP contribution is -2.17. The normalized spacial score (nSPS) is 18.7. The van der Waals surface area contributed by atoms with Gasteiger partial charge < -0.3 is 9.47 Å². The number of allylic oxidation sites excluding steroid dienone is 2. The van der Waals surface area contributed by atoms with E-state index in [9.17, 15) is 0 Å². The summed E-state index contributed by atoms with van der Waals surface area (Å²) in [6.45, 7) is 5.71. The molecule has 0 saturated carbocycles. The van der Waals surface area contributed by atoms with E-state index in [1.165, 1.54) is 30.8 Å². The van der Waals surface area contributed by atoms with Crippen LogP contribution in [0.1, 0.15) is 31.9 Å². The highest BCUT2D eigenvalue weighted by molar-refractivity contribution is 5.61. The van der Waals surface area contributed by atoms with E-state index in [4.69, 9.17) is 4.98 Å². The summed E-state index contributed by atoms with van der Waals surface area (Å²) in [4.78, 5) is 7.21. The van der Waals surface area contributed by atoms with Crippen LogP contribution in [0.5, 0.6) is 0 Å². The molecule has 0 amide bonds. The van der Waals surface area contributed by atoms with Crippen molar-refractivity contribution in [1.29, 1.82) is 0 Å². The number of nitrogens with zero attached hydrogens (tertiary/aromatic N) is 3. The van der Waals surface area contributed by atoms with Gasteiger partial charge in [0.2, 0.25) is 0 Å². The Balaban J connectivity index is 1.81. The molecular formula is C21H29N3. The van der Waals surface area contributed by atoms with Gasteiger partial charge in [0.15, 0.2) is 0 Å². The van der Waals surface area contributed by atoms with Crippen molar-refractivity contribution in [3.05, 3.63) is 54.5 Å². The maximum atomic E-state index is 4.77. The van der Waals surface area contributed by atoms with Crippen LogP contribution in [0.15, 0.2) is 48.8 Å². The van der Waals surface area contributed by atoms with Crippen LogP contribution in [0, 0.1) is 5.92 Å². The first kappa shape index (κ1) is 17.0. The van der Waals surface area contributed by atoms with E-state index >= 15 is 0 Å². The van der Waals surface area contributed by atoms with Crippen LogP contribution in [0.4, 0.5) is 0 Å². The molecule has 1 saturated heterocycles. The zero-order valence-corrected chi connectivity index (χ0v) is 15.0. The van der Waals surface area contributed by atoms with Crippen molar-refractivity contribution >= 4 is 0 Å². The van der Waals surface area contributed by atoms with Gasteiger partial charge in [-0.2, -0.15) is 0 Å². The van der Waals surface area contributed by atoms with Gasteiger partial charge in [-0.05, 0) is 45.2 Å². The summed E-state index contributed by atoms with van der Waals surface area (Å²) in [5.41, 5.74) is 3.78. The topological polar surface area (TPSA) is 21.1 Å². The van der Waals surface area contributed by atoms with E-state index in [0.29, 0.717) is 0 Å². The average molecular weight is 323 g/mol. The Morgan fingerprint density at radius 2 is 2.04 bits per heavy atom. The molecule has 0 spiro atoms. The van der Waals surface area contributed by atoms with Crippen LogP contribution in [0.2, 0.25) is 0 Å². The fraction of sp³-hybridized carbons (Fsp3) is 0.476. The molecule has 2 heterocycles. The summed E-state index contributed by atoms with van der Waals surface area (Å²) in [6, 6.07) is 10.6. The van der Waals surface area contributed by atoms with Crippen molar-refractivity contribution in [3.8, 4) is 11.3 Å². The summed E-state index contributed by atoms with van der Waals surface area (Å²) >= 11 is 0. The molecule has 0 N–H and O–H groups in total. The van der Waals surface area contributed by atoms with Crippen LogP contribution in [0.25, 0.3) is 11.3 Å². The predicted molar refractivity (Wildman–Crippen MR) is 101 cm³/mol. The average Bonchev–Trinajstić information content (AvgIpc) is 3.19. The minimum atomic E-state index is 0.748. The fourth-order valence-corrected chi connectivity index (χ4v) is 3.62.